The van der Waals surface area contributed by atoms with Crippen molar-refractivity contribution in [1.82, 2.24) is 10.2 Å². The minimum atomic E-state index is -0.0575. The number of urea groups is 1. The van der Waals surface area contributed by atoms with Crippen LogP contribution in [-0.4, -0.2) is 52.4 Å². The van der Waals surface area contributed by atoms with Crippen molar-refractivity contribution in [2.24, 2.45) is 0 Å². The molecule has 0 spiro atoms. The van der Waals surface area contributed by atoms with Crippen molar-refractivity contribution in [1.29, 1.82) is 0 Å². The first kappa shape index (κ1) is 18.9. The van der Waals surface area contributed by atoms with Crippen LogP contribution in [0.3, 0.4) is 0 Å². The highest BCUT2D eigenvalue weighted by Gasteiger charge is 2.12. The molecule has 1 N–H and O–H groups in total. The Morgan fingerprint density at radius 1 is 1.09 bits per heavy atom. The van der Waals surface area contributed by atoms with Crippen LogP contribution in [0.25, 0.3) is 0 Å². The smallest absolute Gasteiger partial charge is 0.317 e. The van der Waals surface area contributed by atoms with Crippen molar-refractivity contribution in [3.05, 3.63) is 17.7 Å². The summed E-state index contributed by atoms with van der Waals surface area (Å²) >= 11 is 0. The third-order valence-corrected chi connectivity index (χ3v) is 3.65. The van der Waals surface area contributed by atoms with Crippen LogP contribution in [0.2, 0.25) is 0 Å². The average molecular weight is 324 g/mol. The maximum absolute atomic E-state index is 12.0. The summed E-state index contributed by atoms with van der Waals surface area (Å²) in [6.07, 6.45) is 2.73. The van der Waals surface area contributed by atoms with Crippen molar-refractivity contribution in [3.8, 4) is 17.2 Å². The van der Waals surface area contributed by atoms with Crippen LogP contribution in [0.15, 0.2) is 12.1 Å². The number of ether oxygens (including phenoxy) is 3. The number of hydrogen-bond acceptors (Lipinski definition) is 4. The molecule has 1 rings (SSSR count). The predicted molar refractivity (Wildman–Crippen MR) is 90.7 cm³/mol. The summed E-state index contributed by atoms with van der Waals surface area (Å²) in [4.78, 5) is 13.7. The van der Waals surface area contributed by atoms with E-state index in [1.54, 1.807) is 32.3 Å². The van der Waals surface area contributed by atoms with Gasteiger partial charge in [-0.25, -0.2) is 4.79 Å². The van der Waals surface area contributed by atoms with Gasteiger partial charge in [-0.1, -0.05) is 13.3 Å². The molecular formula is C17H28N2O4. The summed E-state index contributed by atoms with van der Waals surface area (Å²) < 4.78 is 16.0. The number of carbonyl (C=O) groups excluding carboxylic acids is 1. The number of unbranched alkanes of at least 4 members (excludes halogenated alkanes) is 1. The van der Waals surface area contributed by atoms with Crippen molar-refractivity contribution < 1.29 is 19.0 Å². The molecule has 6 heteroatoms. The molecular weight excluding hydrogens is 296 g/mol. The summed E-state index contributed by atoms with van der Waals surface area (Å²) in [7, 11) is 6.60. The maximum atomic E-state index is 12.0. The number of rotatable bonds is 9. The summed E-state index contributed by atoms with van der Waals surface area (Å²) in [5, 5.41) is 2.92. The Labute approximate surface area is 138 Å². The lowest BCUT2D eigenvalue weighted by atomic mass is 10.1. The summed E-state index contributed by atoms with van der Waals surface area (Å²) in [5.41, 5.74) is 0.960. The molecule has 0 heterocycles. The Morgan fingerprint density at radius 3 is 2.26 bits per heavy atom. The van der Waals surface area contributed by atoms with E-state index in [4.69, 9.17) is 14.2 Å². The molecule has 2 amide bonds. The largest absolute Gasteiger partial charge is 0.496 e. The SMILES string of the molecule is CCCCN(C)C(=O)NCCc1cc(OC)c(OC)cc1OC. The number of amides is 2. The molecule has 0 aliphatic rings. The second kappa shape index (κ2) is 9.82. The highest BCUT2D eigenvalue weighted by Crippen LogP contribution is 2.34. The Morgan fingerprint density at radius 2 is 1.70 bits per heavy atom. The van der Waals surface area contributed by atoms with Gasteiger partial charge in [0.25, 0.3) is 0 Å². The highest BCUT2D eigenvalue weighted by molar-refractivity contribution is 5.73. The molecule has 0 aliphatic carbocycles. The fourth-order valence-electron chi connectivity index (χ4n) is 2.22. The molecule has 0 bridgehead atoms. The molecule has 130 valence electrons. The molecule has 0 fully saturated rings. The third kappa shape index (κ3) is 5.54. The molecule has 0 saturated heterocycles. The molecule has 0 unspecified atom stereocenters. The van der Waals surface area contributed by atoms with Gasteiger partial charge in [-0.05, 0) is 24.5 Å². The molecule has 0 radical (unpaired) electrons. The van der Waals surface area contributed by atoms with Crippen LogP contribution in [0.1, 0.15) is 25.3 Å². The van der Waals surface area contributed by atoms with E-state index in [9.17, 15) is 4.79 Å². The molecule has 0 aliphatic heterocycles. The van der Waals surface area contributed by atoms with E-state index in [1.807, 2.05) is 13.1 Å². The zero-order valence-electron chi connectivity index (χ0n) is 14.8. The van der Waals surface area contributed by atoms with Gasteiger partial charge in [-0.15, -0.1) is 0 Å². The molecule has 0 atom stereocenters. The molecule has 1 aromatic carbocycles. The van der Waals surface area contributed by atoms with Crippen molar-refractivity contribution in [2.75, 3.05) is 41.5 Å². The van der Waals surface area contributed by atoms with Crippen LogP contribution >= 0.6 is 0 Å². The van der Waals surface area contributed by atoms with Gasteiger partial charge in [-0.2, -0.15) is 0 Å². The van der Waals surface area contributed by atoms with Crippen LogP contribution in [0.5, 0.6) is 17.2 Å². The lowest BCUT2D eigenvalue weighted by molar-refractivity contribution is 0.208. The lowest BCUT2D eigenvalue weighted by Crippen LogP contribution is -2.38. The summed E-state index contributed by atoms with van der Waals surface area (Å²) in [6, 6.07) is 3.62. The van der Waals surface area contributed by atoms with E-state index in [2.05, 4.69) is 12.2 Å². The standard InChI is InChI=1S/C17H28N2O4/c1-6-7-10-19(2)17(20)18-9-8-13-11-15(22-4)16(23-5)12-14(13)21-3/h11-12H,6-10H2,1-5H3,(H,18,20). The summed E-state index contributed by atoms with van der Waals surface area (Å²) in [6.45, 7) is 3.40. The van der Waals surface area contributed by atoms with E-state index >= 15 is 0 Å². The van der Waals surface area contributed by atoms with Gasteiger partial charge < -0.3 is 24.4 Å². The molecule has 23 heavy (non-hydrogen) atoms. The topological polar surface area (TPSA) is 60.0 Å². The van der Waals surface area contributed by atoms with Gasteiger partial charge in [-0.3, -0.25) is 0 Å². The number of nitrogens with zero attached hydrogens (tertiary/aromatic N) is 1. The molecule has 0 aromatic heterocycles. The van der Waals surface area contributed by atoms with Crippen LogP contribution in [-0.2, 0) is 6.42 Å². The molecule has 6 nitrogen and oxygen atoms in total. The number of carbonyl (C=O) groups is 1. The second-order valence-electron chi connectivity index (χ2n) is 5.28. The van der Waals surface area contributed by atoms with Crippen molar-refractivity contribution in [3.63, 3.8) is 0 Å². The Kier molecular flexibility index (Phi) is 8.08. The minimum absolute atomic E-state index is 0.0575. The van der Waals surface area contributed by atoms with E-state index < -0.39 is 0 Å². The maximum Gasteiger partial charge on any atom is 0.317 e. The number of methoxy groups -OCH3 is 3. The Balaban J connectivity index is 2.65. The number of hydrogen-bond donors (Lipinski definition) is 1. The Hall–Kier alpha value is -2.11. The van der Waals surface area contributed by atoms with E-state index in [1.165, 1.54) is 0 Å². The van der Waals surface area contributed by atoms with Gasteiger partial charge in [0, 0.05) is 26.2 Å². The fraction of sp³-hybridized carbons (Fsp3) is 0.588. The van der Waals surface area contributed by atoms with Gasteiger partial charge in [0.2, 0.25) is 0 Å². The third-order valence-electron chi connectivity index (χ3n) is 3.65. The first-order valence-electron chi connectivity index (χ1n) is 7.85. The first-order valence-corrected chi connectivity index (χ1v) is 7.85. The van der Waals surface area contributed by atoms with Crippen LogP contribution < -0.4 is 19.5 Å². The first-order chi connectivity index (χ1) is 11.1. The zero-order chi connectivity index (χ0) is 17.2. The van der Waals surface area contributed by atoms with Crippen molar-refractivity contribution >= 4 is 6.03 Å². The molecule has 1 aromatic rings. The van der Waals surface area contributed by atoms with Crippen molar-refractivity contribution in [2.45, 2.75) is 26.2 Å². The highest BCUT2D eigenvalue weighted by atomic mass is 16.5. The zero-order valence-corrected chi connectivity index (χ0v) is 14.8. The van der Waals surface area contributed by atoms with Gasteiger partial charge in [0.15, 0.2) is 11.5 Å². The monoisotopic (exact) mass is 324 g/mol. The van der Waals surface area contributed by atoms with Gasteiger partial charge >= 0.3 is 6.03 Å². The summed E-state index contributed by atoms with van der Waals surface area (Å²) in [5.74, 6) is 1.99. The van der Waals surface area contributed by atoms with E-state index in [0.717, 1.165) is 30.7 Å². The number of benzene rings is 1. The fourth-order valence-corrected chi connectivity index (χ4v) is 2.22. The lowest BCUT2D eigenvalue weighted by Gasteiger charge is -2.18. The average Bonchev–Trinajstić information content (AvgIpc) is 2.58. The quantitative estimate of drug-likeness (QED) is 0.759. The number of nitrogens with one attached hydrogen (secondary N) is 1. The molecule has 0 saturated carbocycles. The Bertz CT molecular complexity index is 506. The predicted octanol–water partition coefficient (Wildman–Crippen LogP) is 2.70. The van der Waals surface area contributed by atoms with E-state index in [-0.39, 0.29) is 6.03 Å². The van der Waals surface area contributed by atoms with Crippen LogP contribution in [0, 0.1) is 0 Å². The van der Waals surface area contributed by atoms with Crippen LogP contribution in [0.4, 0.5) is 4.79 Å². The van der Waals surface area contributed by atoms with Gasteiger partial charge in [0.1, 0.15) is 5.75 Å². The van der Waals surface area contributed by atoms with Gasteiger partial charge in [0.05, 0.1) is 21.3 Å². The minimum Gasteiger partial charge on any atom is -0.496 e. The normalized spacial score (nSPS) is 10.1. The second-order valence-corrected chi connectivity index (χ2v) is 5.28. The van der Waals surface area contributed by atoms with E-state index in [0.29, 0.717) is 24.5 Å².